The van der Waals surface area contributed by atoms with Crippen LogP contribution in [0.5, 0.6) is 0 Å². The maximum Gasteiger partial charge on any atom is 0.0613 e. The zero-order valence-electron chi connectivity index (χ0n) is 6.80. The Bertz CT molecular complexity index is 268. The minimum Gasteiger partial charge on any atom is -0.299 e. The van der Waals surface area contributed by atoms with E-state index in [0.29, 0.717) is 5.04 Å². The SMILES string of the molecule is CC(=N)SCc1ccc(Cl)cc1. The van der Waals surface area contributed by atoms with Gasteiger partial charge in [0.2, 0.25) is 0 Å². The summed E-state index contributed by atoms with van der Waals surface area (Å²) in [5.74, 6) is 0.854. The van der Waals surface area contributed by atoms with Gasteiger partial charge in [-0.2, -0.15) is 0 Å². The number of halogens is 1. The summed E-state index contributed by atoms with van der Waals surface area (Å²) in [5, 5.41) is 8.63. The van der Waals surface area contributed by atoms with Crippen molar-refractivity contribution < 1.29 is 0 Å². The molecule has 0 bridgehead atoms. The molecule has 0 aliphatic heterocycles. The van der Waals surface area contributed by atoms with Gasteiger partial charge in [-0.1, -0.05) is 23.7 Å². The van der Waals surface area contributed by atoms with Crippen LogP contribution in [0.25, 0.3) is 0 Å². The Hall–Kier alpha value is -0.470. The van der Waals surface area contributed by atoms with Gasteiger partial charge in [0.15, 0.2) is 0 Å². The van der Waals surface area contributed by atoms with Crippen molar-refractivity contribution in [1.82, 2.24) is 0 Å². The van der Waals surface area contributed by atoms with Crippen molar-refractivity contribution in [3.05, 3.63) is 34.9 Å². The molecule has 12 heavy (non-hydrogen) atoms. The third-order valence-electron chi connectivity index (χ3n) is 1.37. The molecule has 0 aromatic heterocycles. The van der Waals surface area contributed by atoms with E-state index < -0.39 is 0 Å². The predicted octanol–water partition coefficient (Wildman–Crippen LogP) is 3.57. The molecule has 0 saturated carbocycles. The summed E-state index contributed by atoms with van der Waals surface area (Å²) in [4.78, 5) is 0. The Balaban J connectivity index is 2.53. The fraction of sp³-hybridized carbons (Fsp3) is 0.222. The first-order chi connectivity index (χ1) is 5.68. The molecule has 3 heteroatoms. The van der Waals surface area contributed by atoms with Crippen molar-refractivity contribution in [3.8, 4) is 0 Å². The average Bonchev–Trinajstić information content (AvgIpc) is 2.03. The lowest BCUT2D eigenvalue weighted by atomic mass is 10.2. The van der Waals surface area contributed by atoms with Crippen molar-refractivity contribution >= 4 is 28.4 Å². The largest absolute Gasteiger partial charge is 0.299 e. The van der Waals surface area contributed by atoms with Gasteiger partial charge in [0.25, 0.3) is 0 Å². The minimum absolute atomic E-state index is 0.643. The molecule has 0 fully saturated rings. The van der Waals surface area contributed by atoms with Crippen LogP contribution >= 0.6 is 23.4 Å². The molecule has 0 spiro atoms. The molecule has 0 atom stereocenters. The van der Waals surface area contributed by atoms with Crippen LogP contribution in [0.1, 0.15) is 12.5 Å². The summed E-state index contributed by atoms with van der Waals surface area (Å²) >= 11 is 7.26. The van der Waals surface area contributed by atoms with E-state index in [0.717, 1.165) is 10.8 Å². The number of rotatable bonds is 2. The Labute approximate surface area is 81.6 Å². The van der Waals surface area contributed by atoms with E-state index in [2.05, 4.69) is 0 Å². The second-order valence-electron chi connectivity index (χ2n) is 2.47. The molecule has 0 amide bonds. The molecule has 0 aliphatic carbocycles. The fourth-order valence-corrected chi connectivity index (χ4v) is 1.47. The average molecular weight is 200 g/mol. The molecule has 0 radical (unpaired) electrons. The quantitative estimate of drug-likeness (QED) is 0.572. The van der Waals surface area contributed by atoms with Crippen LogP contribution in [-0.2, 0) is 5.75 Å². The van der Waals surface area contributed by atoms with E-state index in [1.807, 2.05) is 24.3 Å². The van der Waals surface area contributed by atoms with E-state index in [-0.39, 0.29) is 0 Å². The number of benzene rings is 1. The molecule has 0 heterocycles. The number of hydrogen-bond acceptors (Lipinski definition) is 2. The van der Waals surface area contributed by atoms with Gasteiger partial charge < -0.3 is 0 Å². The van der Waals surface area contributed by atoms with Crippen LogP contribution in [0.3, 0.4) is 0 Å². The Morgan fingerprint density at radius 3 is 2.50 bits per heavy atom. The zero-order valence-corrected chi connectivity index (χ0v) is 8.38. The van der Waals surface area contributed by atoms with Crippen molar-refractivity contribution in [3.63, 3.8) is 0 Å². The lowest BCUT2D eigenvalue weighted by Gasteiger charge is -1.99. The highest BCUT2D eigenvalue weighted by molar-refractivity contribution is 8.13. The predicted molar refractivity (Wildman–Crippen MR) is 56.1 cm³/mol. The topological polar surface area (TPSA) is 23.9 Å². The van der Waals surface area contributed by atoms with Crippen molar-refractivity contribution in [1.29, 1.82) is 5.41 Å². The van der Waals surface area contributed by atoms with E-state index >= 15 is 0 Å². The second-order valence-corrected chi connectivity index (χ2v) is 4.10. The minimum atomic E-state index is 0.643. The number of hydrogen-bond donors (Lipinski definition) is 1. The maximum absolute atomic E-state index is 7.22. The molecular formula is C9H10ClNS. The molecule has 1 N–H and O–H groups in total. The summed E-state index contributed by atoms with van der Waals surface area (Å²) in [5.41, 5.74) is 1.20. The van der Waals surface area contributed by atoms with Crippen molar-refractivity contribution in [2.24, 2.45) is 0 Å². The van der Waals surface area contributed by atoms with Crippen LogP contribution in [0.15, 0.2) is 24.3 Å². The van der Waals surface area contributed by atoms with Crippen LogP contribution in [0, 0.1) is 5.41 Å². The van der Waals surface area contributed by atoms with Crippen LogP contribution in [-0.4, -0.2) is 5.04 Å². The maximum atomic E-state index is 7.22. The van der Waals surface area contributed by atoms with E-state index in [9.17, 15) is 0 Å². The Kier molecular flexibility index (Phi) is 3.63. The van der Waals surface area contributed by atoms with Gasteiger partial charge in [-0.05, 0) is 24.6 Å². The summed E-state index contributed by atoms with van der Waals surface area (Å²) < 4.78 is 0. The summed E-state index contributed by atoms with van der Waals surface area (Å²) in [7, 11) is 0. The standard InChI is InChI=1S/C9H10ClNS/c1-7(11)12-6-8-2-4-9(10)5-3-8/h2-5,11H,6H2,1H3. The summed E-state index contributed by atoms with van der Waals surface area (Å²) in [6, 6.07) is 7.71. The van der Waals surface area contributed by atoms with Gasteiger partial charge in [-0.15, -0.1) is 11.8 Å². The molecule has 0 saturated heterocycles. The first-order valence-corrected chi connectivity index (χ1v) is 4.97. The summed E-state index contributed by atoms with van der Waals surface area (Å²) in [6.07, 6.45) is 0. The Morgan fingerprint density at radius 1 is 1.42 bits per heavy atom. The van der Waals surface area contributed by atoms with Gasteiger partial charge in [-0.3, -0.25) is 5.41 Å². The normalized spacial score (nSPS) is 9.83. The molecule has 1 nitrogen and oxygen atoms in total. The van der Waals surface area contributed by atoms with Gasteiger partial charge >= 0.3 is 0 Å². The smallest absolute Gasteiger partial charge is 0.0613 e. The zero-order chi connectivity index (χ0) is 8.97. The molecular weight excluding hydrogens is 190 g/mol. The lowest BCUT2D eigenvalue weighted by Crippen LogP contribution is -1.83. The summed E-state index contributed by atoms with van der Waals surface area (Å²) in [6.45, 7) is 1.79. The van der Waals surface area contributed by atoms with Gasteiger partial charge in [0.05, 0.1) is 5.04 Å². The van der Waals surface area contributed by atoms with Gasteiger partial charge in [0, 0.05) is 10.8 Å². The van der Waals surface area contributed by atoms with E-state index in [1.165, 1.54) is 17.3 Å². The second kappa shape index (κ2) is 4.53. The molecule has 0 aliphatic rings. The fourth-order valence-electron chi connectivity index (χ4n) is 0.772. The lowest BCUT2D eigenvalue weighted by molar-refractivity contribution is 1.42. The highest BCUT2D eigenvalue weighted by Gasteiger charge is 1.94. The molecule has 1 rings (SSSR count). The van der Waals surface area contributed by atoms with Crippen LogP contribution in [0.4, 0.5) is 0 Å². The van der Waals surface area contributed by atoms with Crippen LogP contribution in [0.2, 0.25) is 5.02 Å². The first kappa shape index (κ1) is 9.62. The van der Waals surface area contributed by atoms with Crippen molar-refractivity contribution in [2.75, 3.05) is 0 Å². The molecule has 0 unspecified atom stereocenters. The third-order valence-corrected chi connectivity index (χ3v) is 2.53. The van der Waals surface area contributed by atoms with Crippen molar-refractivity contribution in [2.45, 2.75) is 12.7 Å². The molecule has 1 aromatic carbocycles. The van der Waals surface area contributed by atoms with Crippen LogP contribution < -0.4 is 0 Å². The number of nitrogens with one attached hydrogen (secondary N) is 1. The molecule has 64 valence electrons. The van der Waals surface area contributed by atoms with Gasteiger partial charge in [0.1, 0.15) is 0 Å². The highest BCUT2D eigenvalue weighted by Crippen LogP contribution is 2.15. The monoisotopic (exact) mass is 199 g/mol. The Morgan fingerprint density at radius 2 is 2.00 bits per heavy atom. The molecule has 1 aromatic rings. The van der Waals surface area contributed by atoms with E-state index in [4.69, 9.17) is 17.0 Å². The number of thioether (sulfide) groups is 1. The highest BCUT2D eigenvalue weighted by atomic mass is 35.5. The van der Waals surface area contributed by atoms with E-state index in [1.54, 1.807) is 6.92 Å². The third kappa shape index (κ3) is 3.28. The first-order valence-electron chi connectivity index (χ1n) is 3.61. The van der Waals surface area contributed by atoms with Gasteiger partial charge in [-0.25, -0.2) is 0 Å².